The normalized spacial score (nSPS) is 24.9. The Bertz CT molecular complexity index is 955. The number of unbranched alkanes of at least 4 members (excludes halogenated alkanes) is 1. The molecule has 1 fully saturated rings. The van der Waals surface area contributed by atoms with Gasteiger partial charge in [0.1, 0.15) is 16.9 Å². The van der Waals surface area contributed by atoms with Gasteiger partial charge in [-0.2, -0.15) is 0 Å². The summed E-state index contributed by atoms with van der Waals surface area (Å²) in [7, 11) is 0. The second-order valence-corrected chi connectivity index (χ2v) is 8.54. The molecular formula is C23H28O4. The fraction of sp³-hybridized carbons (Fsp3) is 0.565. The molecule has 1 unspecified atom stereocenters. The number of ketones is 1. The SMILES string of the molecule is CCCCc1cc(=O)oc2c(C)c3c(cc12)C(=O)C[C@]1(CCCC(C)C1)O3. The van der Waals surface area contributed by atoms with Crippen LogP contribution < -0.4 is 10.4 Å². The molecule has 1 aliphatic heterocycles. The highest BCUT2D eigenvalue weighted by Crippen LogP contribution is 2.46. The molecule has 4 heteroatoms. The van der Waals surface area contributed by atoms with E-state index < -0.39 is 0 Å². The van der Waals surface area contributed by atoms with Crippen molar-refractivity contribution < 1.29 is 13.9 Å². The van der Waals surface area contributed by atoms with Crippen molar-refractivity contribution in [1.29, 1.82) is 0 Å². The summed E-state index contributed by atoms with van der Waals surface area (Å²) in [5.41, 5.74) is 2.24. The Kier molecular flexibility index (Phi) is 4.61. The number of fused-ring (bicyclic) bond motifs is 2. The van der Waals surface area contributed by atoms with E-state index in [1.807, 2.05) is 13.0 Å². The van der Waals surface area contributed by atoms with Crippen LogP contribution >= 0.6 is 0 Å². The molecule has 1 spiro atoms. The number of rotatable bonds is 3. The molecule has 4 nitrogen and oxygen atoms in total. The molecular weight excluding hydrogens is 340 g/mol. The van der Waals surface area contributed by atoms with Gasteiger partial charge in [-0.05, 0) is 56.6 Å². The summed E-state index contributed by atoms with van der Waals surface area (Å²) in [6.45, 7) is 6.27. The molecule has 0 radical (unpaired) electrons. The predicted molar refractivity (Wildman–Crippen MR) is 106 cm³/mol. The zero-order chi connectivity index (χ0) is 19.2. The van der Waals surface area contributed by atoms with Gasteiger partial charge in [0.25, 0.3) is 0 Å². The highest BCUT2D eigenvalue weighted by atomic mass is 16.5. The molecule has 0 saturated heterocycles. The summed E-state index contributed by atoms with van der Waals surface area (Å²) >= 11 is 0. The van der Waals surface area contributed by atoms with Crippen LogP contribution in [0.3, 0.4) is 0 Å². The molecule has 1 aromatic carbocycles. The summed E-state index contributed by atoms with van der Waals surface area (Å²) in [6, 6.07) is 3.47. The van der Waals surface area contributed by atoms with Crippen LogP contribution in [0.25, 0.3) is 11.0 Å². The molecule has 1 saturated carbocycles. The Morgan fingerprint density at radius 3 is 2.81 bits per heavy atom. The average Bonchev–Trinajstić information content (AvgIpc) is 2.61. The van der Waals surface area contributed by atoms with Gasteiger partial charge in [-0.3, -0.25) is 4.79 Å². The summed E-state index contributed by atoms with van der Waals surface area (Å²) in [5.74, 6) is 1.35. The van der Waals surface area contributed by atoms with Crippen molar-refractivity contribution in [1.82, 2.24) is 0 Å². The standard InChI is InChI=1S/C23H28O4/c1-4-5-8-16-10-20(25)26-21-15(3)22-18(11-17(16)21)19(24)13-23(27-22)9-6-7-14(2)12-23/h10-11,14H,4-9,12-13H2,1-3H3/t14?,23-/m1/s1. The first-order valence-electron chi connectivity index (χ1n) is 10.2. The van der Waals surface area contributed by atoms with E-state index in [1.54, 1.807) is 6.07 Å². The van der Waals surface area contributed by atoms with Gasteiger partial charge in [0.05, 0.1) is 12.0 Å². The zero-order valence-corrected chi connectivity index (χ0v) is 16.5. The molecule has 0 bridgehead atoms. The number of hydrogen-bond donors (Lipinski definition) is 0. The Labute approximate surface area is 159 Å². The Morgan fingerprint density at radius 1 is 1.26 bits per heavy atom. The minimum Gasteiger partial charge on any atom is -0.486 e. The smallest absolute Gasteiger partial charge is 0.336 e. The molecule has 0 N–H and O–H groups in total. The van der Waals surface area contributed by atoms with Crippen molar-refractivity contribution in [2.24, 2.45) is 5.92 Å². The van der Waals surface area contributed by atoms with Crippen molar-refractivity contribution in [3.8, 4) is 5.75 Å². The molecule has 1 aromatic heterocycles. The number of aryl methyl sites for hydroxylation is 2. The third kappa shape index (κ3) is 3.19. The second-order valence-electron chi connectivity index (χ2n) is 8.54. The third-order valence-corrected chi connectivity index (χ3v) is 6.25. The van der Waals surface area contributed by atoms with Gasteiger partial charge >= 0.3 is 5.63 Å². The fourth-order valence-electron chi connectivity index (χ4n) is 4.92. The number of ether oxygens (including phenoxy) is 1. The first kappa shape index (κ1) is 18.3. The van der Waals surface area contributed by atoms with E-state index in [1.165, 1.54) is 6.42 Å². The van der Waals surface area contributed by atoms with Crippen LogP contribution in [0.4, 0.5) is 0 Å². The van der Waals surface area contributed by atoms with Crippen LogP contribution in [0, 0.1) is 12.8 Å². The molecule has 2 heterocycles. The lowest BCUT2D eigenvalue weighted by atomic mass is 9.74. The van der Waals surface area contributed by atoms with E-state index in [0.29, 0.717) is 29.2 Å². The number of hydrogen-bond acceptors (Lipinski definition) is 4. The molecule has 2 aliphatic rings. The Hall–Kier alpha value is -2.10. The van der Waals surface area contributed by atoms with E-state index >= 15 is 0 Å². The molecule has 1 aliphatic carbocycles. The van der Waals surface area contributed by atoms with Crippen LogP contribution in [0.2, 0.25) is 0 Å². The van der Waals surface area contributed by atoms with E-state index in [4.69, 9.17) is 9.15 Å². The van der Waals surface area contributed by atoms with Gasteiger partial charge in [-0.25, -0.2) is 4.79 Å². The molecule has 2 atom stereocenters. The number of benzene rings is 1. The first-order valence-corrected chi connectivity index (χ1v) is 10.2. The van der Waals surface area contributed by atoms with Gasteiger partial charge in [0.2, 0.25) is 0 Å². The minimum atomic E-state index is -0.389. The van der Waals surface area contributed by atoms with Crippen LogP contribution in [0.15, 0.2) is 21.3 Å². The lowest BCUT2D eigenvalue weighted by Gasteiger charge is -2.43. The van der Waals surface area contributed by atoms with Gasteiger partial charge in [0, 0.05) is 17.0 Å². The lowest BCUT2D eigenvalue weighted by molar-refractivity contribution is -0.00127. The van der Waals surface area contributed by atoms with Crippen molar-refractivity contribution in [3.05, 3.63) is 39.2 Å². The van der Waals surface area contributed by atoms with Gasteiger partial charge in [-0.1, -0.05) is 26.7 Å². The highest BCUT2D eigenvalue weighted by Gasteiger charge is 2.44. The Balaban J connectivity index is 1.86. The maximum atomic E-state index is 13.1. The number of carbonyl (C=O) groups is 1. The monoisotopic (exact) mass is 368 g/mol. The van der Waals surface area contributed by atoms with Crippen LogP contribution in [0.5, 0.6) is 5.75 Å². The molecule has 2 aromatic rings. The fourth-order valence-corrected chi connectivity index (χ4v) is 4.92. The van der Waals surface area contributed by atoms with Gasteiger partial charge in [0.15, 0.2) is 5.78 Å². The van der Waals surface area contributed by atoms with E-state index in [-0.39, 0.29) is 17.0 Å². The molecule has 144 valence electrons. The summed E-state index contributed by atoms with van der Waals surface area (Å²) in [5, 5.41) is 0.879. The highest BCUT2D eigenvalue weighted by molar-refractivity contribution is 6.05. The van der Waals surface area contributed by atoms with Crippen molar-refractivity contribution in [3.63, 3.8) is 0 Å². The minimum absolute atomic E-state index is 0.156. The maximum absolute atomic E-state index is 13.1. The zero-order valence-electron chi connectivity index (χ0n) is 16.5. The molecule has 27 heavy (non-hydrogen) atoms. The average molecular weight is 368 g/mol. The molecule has 4 rings (SSSR count). The van der Waals surface area contributed by atoms with E-state index in [9.17, 15) is 9.59 Å². The third-order valence-electron chi connectivity index (χ3n) is 6.25. The van der Waals surface area contributed by atoms with Crippen LogP contribution in [0.1, 0.15) is 80.3 Å². The van der Waals surface area contributed by atoms with Crippen LogP contribution in [-0.4, -0.2) is 11.4 Å². The van der Waals surface area contributed by atoms with Crippen LogP contribution in [-0.2, 0) is 6.42 Å². The predicted octanol–water partition coefficient (Wildman–Crippen LogP) is 5.36. The Morgan fingerprint density at radius 2 is 2.07 bits per heavy atom. The topological polar surface area (TPSA) is 56.5 Å². The van der Waals surface area contributed by atoms with E-state index in [0.717, 1.165) is 55.0 Å². The summed E-state index contributed by atoms with van der Waals surface area (Å²) < 4.78 is 12.1. The number of carbonyl (C=O) groups excluding carboxylic acids is 1. The quantitative estimate of drug-likeness (QED) is 0.685. The molecule has 0 amide bonds. The van der Waals surface area contributed by atoms with Crippen molar-refractivity contribution in [2.45, 2.75) is 77.7 Å². The van der Waals surface area contributed by atoms with Crippen molar-refractivity contribution in [2.75, 3.05) is 0 Å². The van der Waals surface area contributed by atoms with Crippen molar-refractivity contribution >= 4 is 16.8 Å². The largest absolute Gasteiger partial charge is 0.486 e. The second kappa shape index (κ2) is 6.81. The summed E-state index contributed by atoms with van der Waals surface area (Å²) in [6.07, 6.45) is 7.43. The first-order chi connectivity index (χ1) is 12.9. The number of Topliss-reactive ketones (excluding diaryl/α,β-unsaturated/α-hetero) is 1. The maximum Gasteiger partial charge on any atom is 0.336 e. The van der Waals surface area contributed by atoms with Gasteiger partial charge in [-0.15, -0.1) is 0 Å². The summed E-state index contributed by atoms with van der Waals surface area (Å²) in [4.78, 5) is 25.2. The lowest BCUT2D eigenvalue weighted by Crippen LogP contribution is -2.45. The van der Waals surface area contributed by atoms with E-state index in [2.05, 4.69) is 13.8 Å². The van der Waals surface area contributed by atoms with Gasteiger partial charge < -0.3 is 9.15 Å².